The molecule has 0 N–H and O–H groups in total. The normalized spacial score (nSPS) is 18.6. The Morgan fingerprint density at radius 3 is 2.31 bits per heavy atom. The minimum Gasteiger partial charge on any atom is -0.494 e. The van der Waals surface area contributed by atoms with E-state index in [4.69, 9.17) is 9.15 Å². The maximum absolute atomic E-state index is 13.3. The summed E-state index contributed by atoms with van der Waals surface area (Å²) in [5, 5.41) is 0. The van der Waals surface area contributed by atoms with Gasteiger partial charge in [-0.2, -0.15) is 0 Å². The average Bonchev–Trinajstić information content (AvgIpc) is 3.33. The molecule has 3 rings (SSSR count). The van der Waals surface area contributed by atoms with E-state index >= 15 is 0 Å². The lowest BCUT2D eigenvalue weighted by atomic mass is 9.88. The van der Waals surface area contributed by atoms with E-state index in [1.807, 2.05) is 19.1 Å². The number of carbonyl (C=O) groups excluding carboxylic acids is 3. The zero-order chi connectivity index (χ0) is 23.3. The number of hydrogen-bond acceptors (Lipinski definition) is 6. The maximum Gasteiger partial charge on any atom is 0.291 e. The van der Waals surface area contributed by atoms with E-state index in [1.54, 1.807) is 36.1 Å². The Labute approximate surface area is 189 Å². The largest absolute Gasteiger partial charge is 0.494 e. The second-order valence-electron chi connectivity index (χ2n) is 7.94. The molecule has 1 aromatic heterocycles. The second kappa shape index (κ2) is 10.6. The number of carbonyl (C=O) groups is 3. The van der Waals surface area contributed by atoms with Crippen molar-refractivity contribution in [2.45, 2.75) is 40.2 Å². The highest BCUT2D eigenvalue weighted by molar-refractivity contribution is 6.43. The fraction of sp³-hybridized carbons (Fsp3) is 0.480. The van der Waals surface area contributed by atoms with Gasteiger partial charge in [-0.3, -0.25) is 14.4 Å². The van der Waals surface area contributed by atoms with Crippen LogP contribution in [0.4, 0.5) is 0 Å². The molecule has 0 saturated carbocycles. The van der Waals surface area contributed by atoms with Crippen LogP contribution in [-0.4, -0.2) is 60.1 Å². The van der Waals surface area contributed by atoms with Gasteiger partial charge in [0.1, 0.15) is 17.4 Å². The Morgan fingerprint density at radius 1 is 1.06 bits per heavy atom. The molecule has 32 heavy (non-hydrogen) atoms. The first-order valence-electron chi connectivity index (χ1n) is 11.3. The van der Waals surface area contributed by atoms with Crippen LogP contribution in [0.5, 0.6) is 5.75 Å². The Bertz CT molecular complexity index is 945. The van der Waals surface area contributed by atoms with Gasteiger partial charge in [-0.05, 0) is 69.7 Å². The fourth-order valence-corrected chi connectivity index (χ4v) is 4.25. The van der Waals surface area contributed by atoms with Crippen LogP contribution >= 0.6 is 0 Å². The molecule has 1 aliphatic rings. The molecule has 7 heteroatoms. The van der Waals surface area contributed by atoms with E-state index in [1.165, 1.54) is 0 Å². The molecule has 2 heterocycles. The molecule has 2 atom stereocenters. The third-order valence-electron chi connectivity index (χ3n) is 5.97. The minimum absolute atomic E-state index is 0.106. The van der Waals surface area contributed by atoms with Gasteiger partial charge >= 0.3 is 0 Å². The van der Waals surface area contributed by atoms with Gasteiger partial charge in [0.2, 0.25) is 11.6 Å². The first kappa shape index (κ1) is 23.7. The molecule has 1 fully saturated rings. The monoisotopic (exact) mass is 440 g/mol. The quantitative estimate of drug-likeness (QED) is 0.301. The lowest BCUT2D eigenvalue weighted by Crippen LogP contribution is -2.34. The number of Topliss-reactive ketones (excluding diaryl/α,β-unsaturated/α-hetero) is 2. The summed E-state index contributed by atoms with van der Waals surface area (Å²) in [4.78, 5) is 43.1. The predicted octanol–water partition coefficient (Wildman–Crippen LogP) is 3.67. The zero-order valence-corrected chi connectivity index (χ0v) is 19.3. The van der Waals surface area contributed by atoms with Crippen molar-refractivity contribution in [2.75, 3.05) is 32.8 Å². The number of amides is 1. The van der Waals surface area contributed by atoms with Gasteiger partial charge in [0, 0.05) is 6.54 Å². The summed E-state index contributed by atoms with van der Waals surface area (Å²) < 4.78 is 11.0. The fourth-order valence-electron chi connectivity index (χ4n) is 4.25. The van der Waals surface area contributed by atoms with Crippen molar-refractivity contribution in [3.8, 4) is 5.75 Å². The van der Waals surface area contributed by atoms with E-state index in [9.17, 15) is 14.4 Å². The third kappa shape index (κ3) is 4.93. The van der Waals surface area contributed by atoms with Crippen molar-refractivity contribution in [2.24, 2.45) is 5.92 Å². The molecule has 0 bridgehead atoms. The molecular weight excluding hydrogens is 408 g/mol. The Balaban J connectivity index is 1.92. The smallest absolute Gasteiger partial charge is 0.291 e. The SMILES string of the molecule is CCOc1ccc(C2C(C(=O)c3ccc(C)o3)C(=O)C(=O)N2CCCN(CC)CC)cc1. The van der Waals surface area contributed by atoms with Gasteiger partial charge in [0.25, 0.3) is 5.91 Å². The van der Waals surface area contributed by atoms with E-state index in [-0.39, 0.29) is 5.76 Å². The number of nitrogens with zero attached hydrogens (tertiary/aromatic N) is 2. The highest BCUT2D eigenvalue weighted by atomic mass is 16.5. The summed E-state index contributed by atoms with van der Waals surface area (Å²) in [6, 6.07) is 9.84. The molecule has 0 aliphatic carbocycles. The molecule has 1 aliphatic heterocycles. The molecule has 2 unspecified atom stereocenters. The first-order valence-corrected chi connectivity index (χ1v) is 11.3. The Morgan fingerprint density at radius 2 is 1.75 bits per heavy atom. The molecule has 1 aromatic carbocycles. The van der Waals surface area contributed by atoms with Crippen molar-refractivity contribution < 1.29 is 23.5 Å². The van der Waals surface area contributed by atoms with E-state index in [2.05, 4.69) is 18.7 Å². The second-order valence-corrected chi connectivity index (χ2v) is 7.94. The lowest BCUT2D eigenvalue weighted by molar-refractivity contribution is -0.140. The van der Waals surface area contributed by atoms with Crippen LogP contribution in [0.3, 0.4) is 0 Å². The minimum atomic E-state index is -1.13. The average molecular weight is 441 g/mol. The zero-order valence-electron chi connectivity index (χ0n) is 19.3. The van der Waals surface area contributed by atoms with Crippen LogP contribution in [0, 0.1) is 12.8 Å². The van der Waals surface area contributed by atoms with Crippen LogP contribution in [0.1, 0.15) is 55.1 Å². The number of ketones is 2. The van der Waals surface area contributed by atoms with E-state index < -0.39 is 29.4 Å². The topological polar surface area (TPSA) is 80.1 Å². The molecular formula is C25H32N2O5. The van der Waals surface area contributed by atoms with Gasteiger partial charge in [0.05, 0.1) is 12.6 Å². The number of rotatable bonds is 11. The van der Waals surface area contributed by atoms with E-state index in [0.717, 1.165) is 31.6 Å². The van der Waals surface area contributed by atoms with Gasteiger partial charge in [-0.15, -0.1) is 0 Å². The summed E-state index contributed by atoms with van der Waals surface area (Å²) in [5.74, 6) is -1.48. The highest BCUT2D eigenvalue weighted by Crippen LogP contribution is 2.39. The van der Waals surface area contributed by atoms with Crippen molar-refractivity contribution in [3.05, 3.63) is 53.5 Å². The van der Waals surface area contributed by atoms with Crippen LogP contribution in [0.2, 0.25) is 0 Å². The Hall–Kier alpha value is -2.93. The number of benzene rings is 1. The van der Waals surface area contributed by atoms with Gasteiger partial charge < -0.3 is 19.0 Å². The summed E-state index contributed by atoms with van der Waals surface area (Å²) in [7, 11) is 0. The number of furan rings is 1. The number of hydrogen-bond donors (Lipinski definition) is 0. The molecule has 7 nitrogen and oxygen atoms in total. The lowest BCUT2D eigenvalue weighted by Gasteiger charge is -2.28. The maximum atomic E-state index is 13.3. The first-order chi connectivity index (χ1) is 15.4. The van der Waals surface area contributed by atoms with Crippen LogP contribution in [0.15, 0.2) is 40.8 Å². The molecule has 172 valence electrons. The molecule has 2 aromatic rings. The predicted molar refractivity (Wildman–Crippen MR) is 121 cm³/mol. The van der Waals surface area contributed by atoms with Crippen LogP contribution in [-0.2, 0) is 9.59 Å². The third-order valence-corrected chi connectivity index (χ3v) is 5.97. The number of ether oxygens (including phenoxy) is 1. The van der Waals surface area contributed by atoms with Crippen molar-refractivity contribution in [1.29, 1.82) is 0 Å². The molecule has 1 saturated heterocycles. The van der Waals surface area contributed by atoms with Crippen LogP contribution in [0.25, 0.3) is 0 Å². The summed E-state index contributed by atoms with van der Waals surface area (Å²) in [5.41, 5.74) is 0.733. The molecule has 0 radical (unpaired) electrons. The van der Waals surface area contributed by atoms with Crippen LogP contribution < -0.4 is 4.74 Å². The van der Waals surface area contributed by atoms with Crippen molar-refractivity contribution in [1.82, 2.24) is 9.80 Å². The van der Waals surface area contributed by atoms with Gasteiger partial charge in [-0.25, -0.2) is 0 Å². The highest BCUT2D eigenvalue weighted by Gasteiger charge is 2.52. The number of likely N-dealkylation sites (tertiary alicyclic amines) is 1. The Kier molecular flexibility index (Phi) is 7.85. The van der Waals surface area contributed by atoms with E-state index in [0.29, 0.717) is 24.7 Å². The molecule has 0 spiro atoms. The summed E-state index contributed by atoms with van der Waals surface area (Å²) in [6.07, 6.45) is 0.717. The van der Waals surface area contributed by atoms with Gasteiger partial charge in [0.15, 0.2) is 5.76 Å². The standard InChI is InChI=1S/C25H32N2O5/c1-5-26(6-2)15-8-16-27-22(18-10-12-19(13-11-18)31-7-3)21(24(29)25(27)30)23(28)20-14-9-17(4)32-20/h9-14,21-22H,5-8,15-16H2,1-4H3. The van der Waals surface area contributed by atoms with Crippen molar-refractivity contribution >= 4 is 17.5 Å². The number of aryl methyl sites for hydroxylation is 1. The summed E-state index contributed by atoms with van der Waals surface area (Å²) in [6.45, 7) is 11.4. The molecule has 1 amide bonds. The van der Waals surface area contributed by atoms with Gasteiger partial charge in [-0.1, -0.05) is 26.0 Å². The summed E-state index contributed by atoms with van der Waals surface area (Å²) >= 11 is 0. The van der Waals surface area contributed by atoms with Crippen molar-refractivity contribution in [3.63, 3.8) is 0 Å².